The number of likely N-dealkylation sites (tertiary alicyclic amines) is 1. The van der Waals surface area contributed by atoms with Crippen LogP contribution in [0.3, 0.4) is 0 Å². The van der Waals surface area contributed by atoms with Crippen LogP contribution in [0, 0.1) is 35.5 Å². The molecule has 3 heterocycles. The Kier molecular flexibility index (Phi) is 29.6. The highest BCUT2D eigenvalue weighted by atomic mass is 16.6. The molecule has 0 bridgehead atoms. The summed E-state index contributed by atoms with van der Waals surface area (Å²) in [7, 11) is 4.69. The number of hydrogen-bond acceptors (Lipinski definition) is 16. The average molecular weight is 1130 g/mol. The molecule has 456 valence electrons. The molecule has 3 aliphatic heterocycles. The highest BCUT2D eigenvalue weighted by Crippen LogP contribution is 2.38. The number of allylic oxidation sites excluding steroid dienone is 5. The number of amides is 1. The molecule has 1 saturated carbocycles. The Morgan fingerprint density at radius 1 is 0.825 bits per heavy atom. The fourth-order valence-corrected chi connectivity index (χ4v) is 12.1. The van der Waals surface area contributed by atoms with Gasteiger partial charge in [0.1, 0.15) is 30.1 Å². The van der Waals surface area contributed by atoms with Gasteiger partial charge in [-0.15, -0.1) is 0 Å². The average Bonchev–Trinajstić information content (AvgIpc) is 3.43. The third kappa shape index (κ3) is 20.4. The number of nitrogens with zero attached hydrogens (tertiary/aromatic N) is 3. The van der Waals surface area contributed by atoms with Crippen molar-refractivity contribution in [3.05, 3.63) is 48.1 Å². The van der Waals surface area contributed by atoms with Crippen LogP contribution < -0.4 is 0 Å². The van der Waals surface area contributed by atoms with Crippen molar-refractivity contribution in [3.8, 4) is 0 Å². The maximum Gasteiger partial charge on any atom is 0.329 e. The molecule has 17 heteroatoms. The molecule has 4 fully saturated rings. The lowest BCUT2D eigenvalue weighted by molar-refractivity contribution is -0.266. The number of carbonyl (C=O) groups excluding carboxylic acids is 5. The number of esters is 1. The summed E-state index contributed by atoms with van der Waals surface area (Å²) < 4.78 is 42.1. The number of ketones is 3. The first-order valence-corrected chi connectivity index (χ1v) is 30.1. The SMILES string of the molecule is C=C/C=C/C=C(\C)C(C[C@@H]1CC[C@@H](C)[C@](O)(C(=O)C(=O)N2CCCCC2C(=O)O[C@@H](CC(=O)[C@H](C)/C=C(\C)[C@@H](O)[C@@H](OC)C(=O)[C@H](C)CC(C)C)[C@H](C)C[C@@H]2CC[C@@H](OCCN3CCN(C(C)C)CC3)[C@H](OC)C2)O1)OCCOC. The number of ether oxygens (including phenoxy) is 7. The van der Waals surface area contributed by atoms with Crippen LogP contribution in [-0.4, -0.2) is 195 Å². The van der Waals surface area contributed by atoms with Crippen molar-refractivity contribution >= 4 is 29.2 Å². The Morgan fingerprint density at radius 3 is 2.17 bits per heavy atom. The number of hydrogen-bond donors (Lipinski definition) is 2. The lowest BCUT2D eigenvalue weighted by atomic mass is 9.78. The van der Waals surface area contributed by atoms with Gasteiger partial charge in [-0.05, 0) is 121 Å². The zero-order valence-corrected chi connectivity index (χ0v) is 51.2. The standard InChI is InChI=1S/C63H105N3O14/c1-15-16-17-20-43(6)54(78-34-33-74-12)39-50-24-22-48(11)63(73,80-50)60(70)61(71)66-26-19-18-21-51(66)62(72)79-55(40-52(67)44(7)36-47(10)58(69)59(76-14)57(68)46(9)35-41(2)3)45(8)37-49-23-25-53(56(38-49)75-13)77-32-31-64-27-29-65(30-28-64)42(4)5/h15-17,20,36,41-42,44-46,48-51,53-56,58-59,69,73H,1,18-19,21-35,37-40H2,2-14H3/b17-16+,43-20+,47-36+/t44-,45-,46-,48-,49+,50+,51?,53-,54?,55+,56-,58-,59+,63-/m1/s1. The van der Waals surface area contributed by atoms with Gasteiger partial charge in [0.25, 0.3) is 11.7 Å². The molecule has 3 saturated heterocycles. The molecule has 0 spiro atoms. The quantitative estimate of drug-likeness (QED) is 0.0211. The van der Waals surface area contributed by atoms with Gasteiger partial charge in [-0.3, -0.25) is 29.0 Å². The van der Waals surface area contributed by atoms with Crippen molar-refractivity contribution in [3.63, 3.8) is 0 Å². The first kappa shape index (κ1) is 69.0. The minimum atomic E-state index is -2.46. The summed E-state index contributed by atoms with van der Waals surface area (Å²) in [5.74, 6) is -7.52. The normalized spacial score (nSPS) is 27.6. The number of rotatable bonds is 33. The molecular weight excluding hydrogens is 1020 g/mol. The van der Waals surface area contributed by atoms with Gasteiger partial charge in [-0.25, -0.2) is 4.79 Å². The van der Waals surface area contributed by atoms with Crippen LogP contribution in [0.5, 0.6) is 0 Å². The summed E-state index contributed by atoms with van der Waals surface area (Å²) in [5.41, 5.74) is 1.30. The van der Waals surface area contributed by atoms with E-state index >= 15 is 0 Å². The molecule has 17 nitrogen and oxygen atoms in total. The topological polar surface area (TPSA) is 200 Å². The van der Waals surface area contributed by atoms with Crippen LogP contribution in [0.4, 0.5) is 0 Å². The Bertz CT molecular complexity index is 2050. The summed E-state index contributed by atoms with van der Waals surface area (Å²) in [6.45, 7) is 29.4. The molecule has 0 aromatic carbocycles. The highest BCUT2D eigenvalue weighted by Gasteiger charge is 2.53. The number of piperazine rings is 1. The fourth-order valence-electron chi connectivity index (χ4n) is 12.1. The minimum absolute atomic E-state index is 0.0618. The largest absolute Gasteiger partial charge is 0.460 e. The van der Waals surface area contributed by atoms with Crippen molar-refractivity contribution in [2.24, 2.45) is 35.5 Å². The van der Waals surface area contributed by atoms with Crippen LogP contribution in [0.1, 0.15) is 146 Å². The van der Waals surface area contributed by atoms with Gasteiger partial charge >= 0.3 is 5.97 Å². The summed E-state index contributed by atoms with van der Waals surface area (Å²) in [6.07, 6.45) is 10.3. The summed E-state index contributed by atoms with van der Waals surface area (Å²) >= 11 is 0. The van der Waals surface area contributed by atoms with Crippen molar-refractivity contribution in [1.82, 2.24) is 14.7 Å². The van der Waals surface area contributed by atoms with Gasteiger partial charge in [0, 0.05) is 97.2 Å². The van der Waals surface area contributed by atoms with Gasteiger partial charge in [0.15, 0.2) is 5.78 Å². The third-order valence-corrected chi connectivity index (χ3v) is 17.3. The molecular formula is C63H105N3O14. The van der Waals surface area contributed by atoms with E-state index in [9.17, 15) is 34.2 Å². The summed E-state index contributed by atoms with van der Waals surface area (Å²) in [4.78, 5) is 77.7. The lowest BCUT2D eigenvalue weighted by Crippen LogP contribution is -2.61. The van der Waals surface area contributed by atoms with E-state index in [-0.39, 0.29) is 66.8 Å². The second kappa shape index (κ2) is 34.3. The maximum atomic E-state index is 14.7. The number of piperidine rings is 1. The second-order valence-electron chi connectivity index (χ2n) is 24.3. The third-order valence-electron chi connectivity index (χ3n) is 17.3. The van der Waals surface area contributed by atoms with Crippen LogP contribution in [0.15, 0.2) is 48.1 Å². The maximum absolute atomic E-state index is 14.7. The molecule has 80 heavy (non-hydrogen) atoms. The van der Waals surface area contributed by atoms with Crippen molar-refractivity contribution in [1.29, 1.82) is 0 Å². The Morgan fingerprint density at radius 2 is 1.54 bits per heavy atom. The predicted octanol–water partition coefficient (Wildman–Crippen LogP) is 7.88. The molecule has 2 unspecified atom stereocenters. The Hall–Kier alpha value is -3.49. The molecule has 4 aliphatic rings. The summed E-state index contributed by atoms with van der Waals surface area (Å²) in [6, 6.07) is -0.615. The predicted molar refractivity (Wildman–Crippen MR) is 310 cm³/mol. The summed E-state index contributed by atoms with van der Waals surface area (Å²) in [5, 5.41) is 23.5. The molecule has 1 amide bonds. The highest BCUT2D eigenvalue weighted by molar-refractivity contribution is 6.39. The van der Waals surface area contributed by atoms with E-state index in [4.69, 9.17) is 33.2 Å². The number of carbonyl (C=O) groups is 5. The van der Waals surface area contributed by atoms with E-state index in [0.717, 1.165) is 57.6 Å². The zero-order chi connectivity index (χ0) is 59.3. The number of aliphatic hydroxyl groups is 2. The fraction of sp³-hybridized carbons (Fsp3) is 0.794. The van der Waals surface area contributed by atoms with E-state index < -0.39 is 71.8 Å². The van der Waals surface area contributed by atoms with E-state index in [2.05, 4.69) is 30.2 Å². The molecule has 0 radical (unpaired) electrons. The monoisotopic (exact) mass is 1130 g/mol. The molecule has 1 aliphatic carbocycles. The van der Waals surface area contributed by atoms with Gasteiger partial charge in [0.2, 0.25) is 5.79 Å². The molecule has 14 atom stereocenters. The van der Waals surface area contributed by atoms with Crippen molar-refractivity contribution in [2.45, 2.75) is 207 Å². The Labute approximate surface area is 480 Å². The van der Waals surface area contributed by atoms with Crippen LogP contribution in [0.2, 0.25) is 0 Å². The Balaban J connectivity index is 1.54. The minimum Gasteiger partial charge on any atom is -0.460 e. The molecule has 2 N–H and O–H groups in total. The zero-order valence-electron chi connectivity index (χ0n) is 51.2. The molecule has 0 aromatic heterocycles. The van der Waals surface area contributed by atoms with E-state index in [1.165, 1.54) is 12.0 Å². The van der Waals surface area contributed by atoms with E-state index in [1.807, 2.05) is 46.8 Å². The van der Waals surface area contributed by atoms with Crippen molar-refractivity contribution in [2.75, 3.05) is 80.4 Å². The smallest absolute Gasteiger partial charge is 0.329 e. The number of Topliss-reactive ketones (excluding diaryl/α,β-unsaturated/α-hetero) is 3. The number of aliphatic hydroxyl groups excluding tert-OH is 1. The molecule has 4 rings (SSSR count). The first-order valence-electron chi connectivity index (χ1n) is 30.1. The van der Waals surface area contributed by atoms with Crippen molar-refractivity contribution < 1.29 is 67.3 Å². The van der Waals surface area contributed by atoms with E-state index in [1.54, 1.807) is 53.2 Å². The molecule has 0 aromatic rings. The van der Waals surface area contributed by atoms with E-state index in [0.29, 0.717) is 76.4 Å². The second-order valence-corrected chi connectivity index (χ2v) is 24.3. The van der Waals surface area contributed by atoms with Crippen LogP contribution in [0.25, 0.3) is 0 Å². The van der Waals surface area contributed by atoms with Crippen LogP contribution >= 0.6 is 0 Å². The van der Waals surface area contributed by atoms with Gasteiger partial charge < -0.3 is 48.3 Å². The van der Waals surface area contributed by atoms with Crippen LogP contribution in [-0.2, 0) is 57.1 Å². The number of methoxy groups -OCH3 is 3. The lowest BCUT2D eigenvalue weighted by Gasteiger charge is -2.43. The first-order chi connectivity index (χ1) is 38.0. The van der Waals surface area contributed by atoms with Gasteiger partial charge in [-0.1, -0.05) is 78.5 Å². The van der Waals surface area contributed by atoms with Gasteiger partial charge in [0.05, 0.1) is 44.2 Å². The van der Waals surface area contributed by atoms with Gasteiger partial charge in [-0.2, -0.15) is 0 Å².